The van der Waals surface area contributed by atoms with Gasteiger partial charge in [-0.15, -0.1) is 0 Å². The van der Waals surface area contributed by atoms with Crippen LogP contribution in [0.15, 0.2) is 0 Å². The molecule has 2 heterocycles. The molecular weight excluding hydrogens is 284 g/mol. The Morgan fingerprint density at radius 3 is 1.65 bits per heavy atom. The second kappa shape index (κ2) is 9.39. The lowest BCUT2D eigenvalue weighted by molar-refractivity contribution is 0.0499. The Morgan fingerprint density at radius 1 is 0.696 bits per heavy atom. The SMILES string of the molecule is CC(C)(C)N1CCCCCC1.CC1CN(C(C)(C)C)CCCO1. The summed E-state index contributed by atoms with van der Waals surface area (Å²) in [6.45, 7) is 21.7. The van der Waals surface area contributed by atoms with Gasteiger partial charge in [0.25, 0.3) is 0 Å². The van der Waals surface area contributed by atoms with E-state index >= 15 is 0 Å². The quantitative estimate of drug-likeness (QED) is 0.649. The summed E-state index contributed by atoms with van der Waals surface area (Å²) in [5.41, 5.74) is 0.687. The van der Waals surface area contributed by atoms with E-state index in [0.29, 0.717) is 17.2 Å². The van der Waals surface area contributed by atoms with E-state index in [2.05, 4.69) is 58.3 Å². The van der Waals surface area contributed by atoms with E-state index in [0.717, 1.165) is 13.2 Å². The van der Waals surface area contributed by atoms with Crippen molar-refractivity contribution in [3.8, 4) is 0 Å². The molecule has 2 aliphatic rings. The van der Waals surface area contributed by atoms with E-state index in [1.54, 1.807) is 0 Å². The molecule has 2 fully saturated rings. The van der Waals surface area contributed by atoms with Crippen molar-refractivity contribution in [1.29, 1.82) is 0 Å². The summed E-state index contributed by atoms with van der Waals surface area (Å²) in [5.74, 6) is 0. The molecule has 1 unspecified atom stereocenters. The van der Waals surface area contributed by atoms with E-state index in [1.807, 2.05) is 0 Å². The minimum Gasteiger partial charge on any atom is -0.377 e. The van der Waals surface area contributed by atoms with Crippen molar-refractivity contribution in [3.05, 3.63) is 0 Å². The summed E-state index contributed by atoms with van der Waals surface area (Å²) in [6.07, 6.45) is 7.24. The monoisotopic (exact) mass is 326 g/mol. The van der Waals surface area contributed by atoms with E-state index in [1.165, 1.54) is 51.7 Å². The van der Waals surface area contributed by atoms with Crippen LogP contribution in [-0.2, 0) is 4.74 Å². The number of rotatable bonds is 0. The van der Waals surface area contributed by atoms with Gasteiger partial charge < -0.3 is 4.74 Å². The molecule has 0 aromatic heterocycles. The first kappa shape index (κ1) is 20.9. The van der Waals surface area contributed by atoms with Gasteiger partial charge in [0.05, 0.1) is 6.10 Å². The maximum absolute atomic E-state index is 5.59. The van der Waals surface area contributed by atoms with Crippen LogP contribution < -0.4 is 0 Å². The zero-order valence-corrected chi connectivity index (χ0v) is 17.0. The molecule has 2 rings (SSSR count). The second-order valence-corrected chi connectivity index (χ2v) is 9.22. The molecule has 0 amide bonds. The molecule has 0 saturated carbocycles. The highest BCUT2D eigenvalue weighted by molar-refractivity contribution is 4.79. The minimum absolute atomic E-state index is 0.294. The van der Waals surface area contributed by atoms with E-state index in [9.17, 15) is 0 Å². The standard InChI is InChI=1S/C10H21NO.C10H21N/c1-9-8-11(10(2,3)4)6-5-7-12-9;1-10(2,3)11-8-6-4-5-7-9-11/h9H,5-8H2,1-4H3;4-9H2,1-3H3. The lowest BCUT2D eigenvalue weighted by Crippen LogP contribution is -2.44. The van der Waals surface area contributed by atoms with Crippen molar-refractivity contribution in [2.75, 3.05) is 32.8 Å². The molecule has 2 saturated heterocycles. The molecule has 0 radical (unpaired) electrons. The van der Waals surface area contributed by atoms with Gasteiger partial charge in [-0.3, -0.25) is 9.80 Å². The number of hydrogen-bond donors (Lipinski definition) is 0. The van der Waals surface area contributed by atoms with Gasteiger partial charge in [0.1, 0.15) is 0 Å². The Bertz CT molecular complexity index is 309. The van der Waals surface area contributed by atoms with Crippen LogP contribution in [0.3, 0.4) is 0 Å². The number of ether oxygens (including phenoxy) is 1. The molecule has 0 aromatic carbocycles. The van der Waals surface area contributed by atoms with Crippen LogP contribution in [0.25, 0.3) is 0 Å². The number of likely N-dealkylation sites (tertiary alicyclic amines) is 1. The summed E-state index contributed by atoms with van der Waals surface area (Å²) in [7, 11) is 0. The van der Waals surface area contributed by atoms with E-state index < -0.39 is 0 Å². The third-order valence-electron chi connectivity index (χ3n) is 4.96. The summed E-state index contributed by atoms with van der Waals surface area (Å²) in [5, 5.41) is 0. The fourth-order valence-electron chi connectivity index (χ4n) is 3.35. The Morgan fingerprint density at radius 2 is 1.17 bits per heavy atom. The fraction of sp³-hybridized carbons (Fsp3) is 1.00. The highest BCUT2D eigenvalue weighted by Crippen LogP contribution is 2.19. The maximum atomic E-state index is 5.59. The third-order valence-corrected chi connectivity index (χ3v) is 4.96. The highest BCUT2D eigenvalue weighted by atomic mass is 16.5. The smallest absolute Gasteiger partial charge is 0.0674 e. The van der Waals surface area contributed by atoms with Crippen molar-refractivity contribution >= 4 is 0 Å². The normalized spacial score (nSPS) is 26.0. The molecule has 2 aliphatic heterocycles. The second-order valence-electron chi connectivity index (χ2n) is 9.22. The topological polar surface area (TPSA) is 15.7 Å². The number of nitrogens with zero attached hydrogens (tertiary/aromatic N) is 2. The van der Waals surface area contributed by atoms with Gasteiger partial charge in [0.15, 0.2) is 0 Å². The van der Waals surface area contributed by atoms with Crippen LogP contribution >= 0.6 is 0 Å². The van der Waals surface area contributed by atoms with Gasteiger partial charge in [0.2, 0.25) is 0 Å². The van der Waals surface area contributed by atoms with Gasteiger partial charge >= 0.3 is 0 Å². The molecular formula is C20H42N2O. The third kappa shape index (κ3) is 8.51. The Balaban J connectivity index is 0.000000231. The highest BCUT2D eigenvalue weighted by Gasteiger charge is 2.24. The largest absolute Gasteiger partial charge is 0.377 e. The zero-order valence-electron chi connectivity index (χ0n) is 17.0. The molecule has 0 spiro atoms. The first-order valence-electron chi connectivity index (χ1n) is 9.72. The van der Waals surface area contributed by atoms with Crippen LogP contribution in [0.2, 0.25) is 0 Å². The van der Waals surface area contributed by atoms with Crippen molar-refractivity contribution in [1.82, 2.24) is 9.80 Å². The molecule has 0 bridgehead atoms. The summed E-state index contributed by atoms with van der Waals surface area (Å²) < 4.78 is 5.59. The van der Waals surface area contributed by atoms with Crippen LogP contribution in [0, 0.1) is 0 Å². The van der Waals surface area contributed by atoms with Gasteiger partial charge in [0, 0.05) is 30.8 Å². The first-order chi connectivity index (χ1) is 10.6. The minimum atomic E-state index is 0.294. The van der Waals surface area contributed by atoms with Crippen molar-refractivity contribution in [2.24, 2.45) is 0 Å². The maximum Gasteiger partial charge on any atom is 0.0674 e. The van der Waals surface area contributed by atoms with E-state index in [4.69, 9.17) is 4.74 Å². The van der Waals surface area contributed by atoms with Gasteiger partial charge in [-0.1, -0.05) is 12.8 Å². The molecule has 3 heteroatoms. The summed E-state index contributed by atoms with van der Waals surface area (Å²) in [4.78, 5) is 5.12. The Labute approximate surface area is 145 Å². The Kier molecular flexibility index (Phi) is 8.54. The van der Waals surface area contributed by atoms with E-state index in [-0.39, 0.29) is 0 Å². The van der Waals surface area contributed by atoms with Crippen molar-refractivity contribution in [3.63, 3.8) is 0 Å². The van der Waals surface area contributed by atoms with Crippen LogP contribution in [0.5, 0.6) is 0 Å². The lowest BCUT2D eigenvalue weighted by Gasteiger charge is -2.35. The molecule has 0 aromatic rings. The average molecular weight is 327 g/mol. The average Bonchev–Trinajstić information content (AvgIpc) is 2.80. The lowest BCUT2D eigenvalue weighted by atomic mass is 10.1. The molecule has 138 valence electrons. The van der Waals surface area contributed by atoms with Gasteiger partial charge in [-0.2, -0.15) is 0 Å². The number of hydrogen-bond acceptors (Lipinski definition) is 3. The predicted octanol–water partition coefficient (Wildman–Crippen LogP) is 4.56. The Hall–Kier alpha value is -0.120. The first-order valence-corrected chi connectivity index (χ1v) is 9.72. The molecule has 3 nitrogen and oxygen atoms in total. The van der Waals surface area contributed by atoms with Crippen molar-refractivity contribution < 1.29 is 4.74 Å². The predicted molar refractivity (Wildman–Crippen MR) is 101 cm³/mol. The van der Waals surface area contributed by atoms with Crippen LogP contribution in [0.4, 0.5) is 0 Å². The summed E-state index contributed by atoms with van der Waals surface area (Å²) in [6, 6.07) is 0. The molecule has 0 N–H and O–H groups in total. The van der Waals surface area contributed by atoms with Crippen LogP contribution in [0.1, 0.15) is 80.6 Å². The molecule has 23 heavy (non-hydrogen) atoms. The van der Waals surface area contributed by atoms with Crippen molar-refractivity contribution in [2.45, 2.75) is 97.8 Å². The van der Waals surface area contributed by atoms with Gasteiger partial charge in [-0.25, -0.2) is 0 Å². The summed E-state index contributed by atoms with van der Waals surface area (Å²) >= 11 is 0. The van der Waals surface area contributed by atoms with Gasteiger partial charge in [-0.05, 0) is 80.8 Å². The fourth-order valence-corrected chi connectivity index (χ4v) is 3.35. The van der Waals surface area contributed by atoms with Crippen LogP contribution in [-0.4, -0.2) is 59.8 Å². The molecule has 0 aliphatic carbocycles. The zero-order chi connectivity index (χ0) is 17.5. The molecule has 1 atom stereocenters.